The monoisotopic (exact) mass is 382 g/mol. The maximum atomic E-state index is 12.5. The summed E-state index contributed by atoms with van der Waals surface area (Å²) < 4.78 is 0. The first kappa shape index (κ1) is 20.1. The zero-order valence-electron chi connectivity index (χ0n) is 17.1. The minimum Gasteiger partial charge on any atom is -0.368 e. The van der Waals surface area contributed by atoms with Gasteiger partial charge < -0.3 is 20.0 Å². The number of carbonyl (C=O) groups excluding carboxylic acids is 1. The van der Waals surface area contributed by atoms with Crippen LogP contribution < -0.4 is 15.1 Å². The van der Waals surface area contributed by atoms with Gasteiger partial charge in [-0.05, 0) is 52.2 Å². The van der Waals surface area contributed by atoms with Crippen molar-refractivity contribution in [3.05, 3.63) is 47.8 Å². The van der Waals surface area contributed by atoms with Gasteiger partial charge in [-0.25, -0.2) is 9.97 Å². The van der Waals surface area contributed by atoms with Crippen LogP contribution in [0, 0.1) is 6.92 Å². The normalized spacial score (nSPS) is 14.4. The number of para-hydroxylation sites is 1. The largest absolute Gasteiger partial charge is 0.368 e. The van der Waals surface area contributed by atoms with Crippen LogP contribution in [0.4, 0.5) is 11.6 Å². The number of hydrogen-bond donors (Lipinski definition) is 1. The first-order valence-electron chi connectivity index (χ1n) is 9.86. The van der Waals surface area contributed by atoms with Gasteiger partial charge in [0.2, 0.25) is 5.95 Å². The molecule has 2 aromatic rings. The molecule has 0 radical (unpaired) electrons. The molecule has 1 aromatic carbocycles. The first-order chi connectivity index (χ1) is 13.5. The maximum absolute atomic E-state index is 12.5. The van der Waals surface area contributed by atoms with Crippen molar-refractivity contribution >= 4 is 17.5 Å². The predicted octanol–water partition coefficient (Wildman–Crippen LogP) is 1.79. The van der Waals surface area contributed by atoms with E-state index in [1.807, 2.05) is 27.1 Å². The second-order valence-electron chi connectivity index (χ2n) is 7.42. The van der Waals surface area contributed by atoms with Gasteiger partial charge in [0.1, 0.15) is 5.69 Å². The number of aromatic nitrogens is 2. The summed E-state index contributed by atoms with van der Waals surface area (Å²) in [6.07, 6.45) is 0.914. The van der Waals surface area contributed by atoms with Gasteiger partial charge in [0, 0.05) is 44.1 Å². The van der Waals surface area contributed by atoms with Crippen molar-refractivity contribution in [2.75, 3.05) is 63.2 Å². The highest BCUT2D eigenvalue weighted by Gasteiger charge is 2.21. The Labute approximate surface area is 167 Å². The van der Waals surface area contributed by atoms with Gasteiger partial charge in [0.05, 0.1) is 0 Å². The zero-order chi connectivity index (χ0) is 19.9. The number of nitrogens with zero attached hydrogens (tertiary/aromatic N) is 5. The van der Waals surface area contributed by atoms with Gasteiger partial charge in [-0.3, -0.25) is 4.79 Å². The van der Waals surface area contributed by atoms with Gasteiger partial charge in [-0.15, -0.1) is 0 Å². The molecule has 1 fully saturated rings. The molecule has 3 rings (SSSR count). The van der Waals surface area contributed by atoms with Crippen molar-refractivity contribution in [3.8, 4) is 0 Å². The van der Waals surface area contributed by atoms with E-state index in [1.54, 1.807) is 6.07 Å². The van der Waals surface area contributed by atoms with Crippen LogP contribution in [0.2, 0.25) is 0 Å². The Hall–Kier alpha value is -2.67. The Morgan fingerprint density at radius 2 is 1.75 bits per heavy atom. The van der Waals surface area contributed by atoms with E-state index in [4.69, 9.17) is 0 Å². The highest BCUT2D eigenvalue weighted by atomic mass is 16.1. The van der Waals surface area contributed by atoms with Crippen LogP contribution in [0.15, 0.2) is 36.4 Å². The summed E-state index contributed by atoms with van der Waals surface area (Å²) in [7, 11) is 4.05. The van der Waals surface area contributed by atoms with Crippen molar-refractivity contribution < 1.29 is 4.79 Å². The van der Waals surface area contributed by atoms with Crippen LogP contribution in [-0.2, 0) is 0 Å². The number of nitrogens with one attached hydrogen (secondary N) is 1. The quantitative estimate of drug-likeness (QED) is 0.737. The lowest BCUT2D eigenvalue weighted by Gasteiger charge is -2.36. The molecule has 1 aliphatic heterocycles. The molecule has 7 nitrogen and oxygen atoms in total. The van der Waals surface area contributed by atoms with Gasteiger partial charge in [-0.1, -0.05) is 18.2 Å². The molecular formula is C21H30N6O. The molecule has 1 aromatic heterocycles. The first-order valence-corrected chi connectivity index (χ1v) is 9.86. The van der Waals surface area contributed by atoms with Crippen LogP contribution in [-0.4, -0.2) is 74.1 Å². The van der Waals surface area contributed by atoms with Crippen molar-refractivity contribution in [2.24, 2.45) is 0 Å². The predicted molar refractivity (Wildman–Crippen MR) is 113 cm³/mol. The van der Waals surface area contributed by atoms with Gasteiger partial charge in [0.25, 0.3) is 5.91 Å². The smallest absolute Gasteiger partial charge is 0.270 e. The Morgan fingerprint density at radius 3 is 2.43 bits per heavy atom. The lowest BCUT2D eigenvalue weighted by Crippen LogP contribution is -2.47. The molecule has 28 heavy (non-hydrogen) atoms. The summed E-state index contributed by atoms with van der Waals surface area (Å²) in [6.45, 7) is 6.99. The molecule has 0 unspecified atom stereocenters. The molecule has 7 heteroatoms. The molecule has 0 spiro atoms. The highest BCUT2D eigenvalue weighted by molar-refractivity contribution is 5.92. The third-order valence-electron chi connectivity index (χ3n) is 4.83. The molecule has 0 bridgehead atoms. The van der Waals surface area contributed by atoms with Crippen molar-refractivity contribution in [2.45, 2.75) is 13.3 Å². The summed E-state index contributed by atoms with van der Waals surface area (Å²) in [6, 6.07) is 12.2. The number of anilines is 2. The summed E-state index contributed by atoms with van der Waals surface area (Å²) in [5, 5.41) is 2.96. The maximum Gasteiger partial charge on any atom is 0.270 e. The van der Waals surface area contributed by atoms with Gasteiger partial charge in [-0.2, -0.15) is 0 Å². The molecule has 1 amide bonds. The lowest BCUT2D eigenvalue weighted by molar-refractivity contribution is 0.0947. The van der Waals surface area contributed by atoms with Crippen LogP contribution in [0.1, 0.15) is 22.6 Å². The van der Waals surface area contributed by atoms with Crippen LogP contribution in [0.5, 0.6) is 0 Å². The lowest BCUT2D eigenvalue weighted by atomic mass is 10.2. The fourth-order valence-corrected chi connectivity index (χ4v) is 3.30. The van der Waals surface area contributed by atoms with E-state index in [-0.39, 0.29) is 5.91 Å². The topological polar surface area (TPSA) is 64.6 Å². The number of benzene rings is 1. The second-order valence-corrected chi connectivity index (χ2v) is 7.42. The Bertz CT molecular complexity index is 772. The number of rotatable bonds is 7. The number of hydrogen-bond acceptors (Lipinski definition) is 6. The average molecular weight is 383 g/mol. The highest BCUT2D eigenvalue weighted by Crippen LogP contribution is 2.18. The molecule has 0 aliphatic carbocycles. The van der Waals surface area contributed by atoms with E-state index in [1.165, 1.54) is 5.69 Å². The standard InChI is InChI=1S/C21H30N6O/c1-17-16-19(20(28)22-10-7-11-25(2)3)24-21(23-17)27-14-12-26(13-15-27)18-8-5-4-6-9-18/h4-6,8-9,16H,7,10-15H2,1-3H3,(H,22,28). The van der Waals surface area contributed by atoms with E-state index in [9.17, 15) is 4.79 Å². The molecule has 1 N–H and O–H groups in total. The van der Waals surface area contributed by atoms with E-state index in [2.05, 4.69) is 54.2 Å². The summed E-state index contributed by atoms with van der Waals surface area (Å²) in [4.78, 5) is 28.2. The summed E-state index contributed by atoms with van der Waals surface area (Å²) >= 11 is 0. The van der Waals surface area contributed by atoms with E-state index in [0.29, 0.717) is 18.2 Å². The van der Waals surface area contributed by atoms with Crippen LogP contribution >= 0.6 is 0 Å². The minimum absolute atomic E-state index is 0.131. The summed E-state index contributed by atoms with van der Waals surface area (Å²) in [5.74, 6) is 0.514. The Morgan fingerprint density at radius 1 is 1.07 bits per heavy atom. The third kappa shape index (κ3) is 5.42. The number of carbonyl (C=O) groups is 1. The molecule has 2 heterocycles. The second kappa shape index (κ2) is 9.50. The fourth-order valence-electron chi connectivity index (χ4n) is 3.30. The van der Waals surface area contributed by atoms with Crippen LogP contribution in [0.3, 0.4) is 0 Å². The van der Waals surface area contributed by atoms with Crippen molar-refractivity contribution in [3.63, 3.8) is 0 Å². The van der Waals surface area contributed by atoms with E-state index < -0.39 is 0 Å². The average Bonchev–Trinajstić information content (AvgIpc) is 2.71. The van der Waals surface area contributed by atoms with Gasteiger partial charge in [0.15, 0.2) is 0 Å². The number of amides is 1. The minimum atomic E-state index is -0.131. The fraction of sp³-hybridized carbons (Fsp3) is 0.476. The van der Waals surface area contributed by atoms with Crippen LogP contribution in [0.25, 0.3) is 0 Å². The number of aryl methyl sites for hydroxylation is 1. The molecule has 150 valence electrons. The molecule has 0 atom stereocenters. The van der Waals surface area contributed by atoms with Crippen molar-refractivity contribution in [1.29, 1.82) is 0 Å². The SMILES string of the molecule is Cc1cc(C(=O)NCCCN(C)C)nc(N2CCN(c3ccccc3)CC2)n1. The third-order valence-corrected chi connectivity index (χ3v) is 4.83. The molecule has 1 saturated heterocycles. The van der Waals surface area contributed by atoms with Crippen molar-refractivity contribution in [1.82, 2.24) is 20.2 Å². The number of piperazine rings is 1. The molecule has 0 saturated carbocycles. The summed E-state index contributed by atoms with van der Waals surface area (Å²) in [5.41, 5.74) is 2.50. The molecule has 1 aliphatic rings. The Balaban J connectivity index is 1.60. The van der Waals surface area contributed by atoms with Gasteiger partial charge >= 0.3 is 0 Å². The van der Waals surface area contributed by atoms with E-state index in [0.717, 1.165) is 44.8 Å². The molecular weight excluding hydrogens is 352 g/mol. The zero-order valence-corrected chi connectivity index (χ0v) is 17.1. The Kier molecular flexibility index (Phi) is 6.81. The van der Waals surface area contributed by atoms with E-state index >= 15 is 0 Å².